The highest BCUT2D eigenvalue weighted by Gasteiger charge is 2.54. The molecule has 0 radical (unpaired) electrons. The van der Waals surface area contributed by atoms with Gasteiger partial charge in [-0.15, -0.1) is 11.8 Å². The van der Waals surface area contributed by atoms with Crippen LogP contribution in [0.2, 0.25) is 0 Å². The number of rotatable bonds is 1. The fraction of sp³-hybridized carbons (Fsp3) is 0.643. The van der Waals surface area contributed by atoms with Crippen LogP contribution in [0.15, 0.2) is 23.8 Å². The Morgan fingerprint density at radius 2 is 2.39 bits per heavy atom. The molecule has 3 saturated heterocycles. The Bertz CT molecular complexity index is 459. The number of primary amides is 1. The van der Waals surface area contributed by atoms with Crippen molar-refractivity contribution in [2.24, 2.45) is 17.6 Å². The van der Waals surface area contributed by atoms with Crippen LogP contribution in [0.5, 0.6) is 0 Å². The predicted molar refractivity (Wildman–Crippen MR) is 73.2 cm³/mol. The van der Waals surface area contributed by atoms with Crippen LogP contribution in [0.1, 0.15) is 12.8 Å². The fourth-order valence-electron chi connectivity index (χ4n) is 4.27. The molecule has 1 aliphatic carbocycles. The lowest BCUT2D eigenvalue weighted by Gasteiger charge is -2.49. The summed E-state index contributed by atoms with van der Waals surface area (Å²) in [6.45, 7) is 2.28. The SMILES string of the molecule is NC(=O)C1SC2C=CC=C3C4CCCN(C4)C1C32. The van der Waals surface area contributed by atoms with Gasteiger partial charge in [0.15, 0.2) is 0 Å². The van der Waals surface area contributed by atoms with E-state index in [2.05, 4.69) is 23.1 Å². The predicted octanol–water partition coefficient (Wildman–Crippen LogP) is 1.16. The van der Waals surface area contributed by atoms with Gasteiger partial charge in [0.25, 0.3) is 0 Å². The maximum atomic E-state index is 11.7. The number of allylic oxidation sites excluding steroid dienone is 2. The van der Waals surface area contributed by atoms with Gasteiger partial charge in [0.2, 0.25) is 5.91 Å². The van der Waals surface area contributed by atoms with E-state index in [0.29, 0.717) is 17.2 Å². The lowest BCUT2D eigenvalue weighted by Crippen LogP contribution is -2.57. The van der Waals surface area contributed by atoms with Gasteiger partial charge in [0, 0.05) is 23.8 Å². The van der Waals surface area contributed by atoms with Gasteiger partial charge in [-0.1, -0.05) is 23.8 Å². The molecule has 6 atom stereocenters. The number of fused-ring (bicyclic) bond motifs is 4. The van der Waals surface area contributed by atoms with Crippen molar-refractivity contribution < 1.29 is 4.79 Å². The number of carbonyl (C=O) groups is 1. The molecule has 0 aromatic carbocycles. The molecule has 3 nitrogen and oxygen atoms in total. The monoisotopic (exact) mass is 262 g/mol. The normalized spacial score (nSPS) is 48.6. The van der Waals surface area contributed by atoms with Crippen molar-refractivity contribution >= 4 is 17.7 Å². The second kappa shape index (κ2) is 3.87. The molecule has 4 heteroatoms. The molecular formula is C14H18N2OS. The topological polar surface area (TPSA) is 46.3 Å². The maximum absolute atomic E-state index is 11.7. The largest absolute Gasteiger partial charge is 0.369 e. The molecule has 4 aliphatic rings. The number of nitrogens with zero attached hydrogens (tertiary/aromatic N) is 1. The van der Waals surface area contributed by atoms with E-state index in [1.165, 1.54) is 12.8 Å². The first-order valence-corrected chi connectivity index (χ1v) is 7.77. The van der Waals surface area contributed by atoms with Gasteiger partial charge in [-0.3, -0.25) is 9.69 Å². The summed E-state index contributed by atoms with van der Waals surface area (Å²) in [6.07, 6.45) is 9.34. The zero-order valence-electron chi connectivity index (χ0n) is 10.3. The highest BCUT2D eigenvalue weighted by Crippen LogP contribution is 2.53. The van der Waals surface area contributed by atoms with E-state index in [1.807, 2.05) is 0 Å². The van der Waals surface area contributed by atoms with E-state index in [0.717, 1.165) is 19.0 Å². The molecule has 1 amide bonds. The molecule has 3 fully saturated rings. The third-order valence-corrected chi connectivity index (χ3v) is 6.51. The molecule has 0 aromatic rings. The Morgan fingerprint density at radius 3 is 3.22 bits per heavy atom. The molecule has 0 aromatic heterocycles. The van der Waals surface area contributed by atoms with Crippen molar-refractivity contribution in [2.45, 2.75) is 29.4 Å². The highest BCUT2D eigenvalue weighted by molar-refractivity contribution is 8.01. The average molecular weight is 262 g/mol. The Hall–Kier alpha value is -0.740. The lowest BCUT2D eigenvalue weighted by molar-refractivity contribution is -0.119. The molecule has 2 bridgehead atoms. The molecule has 96 valence electrons. The number of hydrogen-bond donors (Lipinski definition) is 1. The maximum Gasteiger partial charge on any atom is 0.232 e. The minimum atomic E-state index is -0.129. The van der Waals surface area contributed by atoms with Crippen molar-refractivity contribution in [3.8, 4) is 0 Å². The van der Waals surface area contributed by atoms with Crippen LogP contribution < -0.4 is 5.73 Å². The van der Waals surface area contributed by atoms with E-state index in [1.54, 1.807) is 17.3 Å². The van der Waals surface area contributed by atoms with E-state index in [9.17, 15) is 4.79 Å². The first-order valence-electron chi connectivity index (χ1n) is 6.83. The van der Waals surface area contributed by atoms with Gasteiger partial charge in [0.1, 0.15) is 0 Å². The van der Waals surface area contributed by atoms with Crippen LogP contribution in [0, 0.1) is 11.8 Å². The summed E-state index contributed by atoms with van der Waals surface area (Å²) in [6, 6.07) is 0.352. The van der Waals surface area contributed by atoms with Crippen molar-refractivity contribution in [2.75, 3.05) is 13.1 Å². The summed E-state index contributed by atoms with van der Waals surface area (Å²) in [5.41, 5.74) is 7.22. The fourth-order valence-corrected chi connectivity index (χ4v) is 5.91. The summed E-state index contributed by atoms with van der Waals surface area (Å²) in [4.78, 5) is 14.3. The van der Waals surface area contributed by atoms with Gasteiger partial charge in [-0.05, 0) is 25.3 Å². The molecular weight excluding hydrogens is 244 g/mol. The summed E-state index contributed by atoms with van der Waals surface area (Å²) in [5, 5.41) is 0.445. The second-order valence-electron chi connectivity index (χ2n) is 5.83. The van der Waals surface area contributed by atoms with Crippen LogP contribution in [0.4, 0.5) is 0 Å². The van der Waals surface area contributed by atoms with Crippen molar-refractivity contribution in [1.29, 1.82) is 0 Å². The Morgan fingerprint density at radius 1 is 1.50 bits per heavy atom. The van der Waals surface area contributed by atoms with Crippen LogP contribution >= 0.6 is 11.8 Å². The molecule has 4 rings (SSSR count). The average Bonchev–Trinajstić information content (AvgIpc) is 2.77. The first kappa shape index (κ1) is 11.1. The molecule has 3 heterocycles. The zero-order chi connectivity index (χ0) is 12.3. The summed E-state index contributed by atoms with van der Waals surface area (Å²) >= 11 is 1.78. The van der Waals surface area contributed by atoms with Crippen molar-refractivity contribution in [3.63, 3.8) is 0 Å². The highest BCUT2D eigenvalue weighted by atomic mass is 32.2. The molecule has 2 N–H and O–H groups in total. The number of thioether (sulfide) groups is 1. The minimum absolute atomic E-state index is 0.0230. The van der Waals surface area contributed by atoms with Crippen LogP contribution in [0.3, 0.4) is 0 Å². The van der Waals surface area contributed by atoms with Gasteiger partial charge in [-0.25, -0.2) is 0 Å². The summed E-state index contributed by atoms with van der Waals surface area (Å²) in [5.74, 6) is 1.13. The number of hydrogen-bond acceptors (Lipinski definition) is 3. The third kappa shape index (κ3) is 1.39. The van der Waals surface area contributed by atoms with E-state index in [-0.39, 0.29) is 11.2 Å². The quantitative estimate of drug-likeness (QED) is 0.771. The van der Waals surface area contributed by atoms with Crippen molar-refractivity contribution in [3.05, 3.63) is 23.8 Å². The van der Waals surface area contributed by atoms with Gasteiger partial charge < -0.3 is 5.73 Å². The minimum Gasteiger partial charge on any atom is -0.369 e. The lowest BCUT2D eigenvalue weighted by atomic mass is 9.70. The van der Waals surface area contributed by atoms with Crippen LogP contribution in [-0.2, 0) is 4.79 Å². The molecule has 3 aliphatic heterocycles. The Balaban J connectivity index is 1.79. The molecule has 0 saturated carbocycles. The second-order valence-corrected chi connectivity index (χ2v) is 7.15. The third-order valence-electron chi connectivity index (χ3n) is 4.94. The summed E-state index contributed by atoms with van der Waals surface area (Å²) in [7, 11) is 0. The van der Waals surface area contributed by atoms with E-state index in [4.69, 9.17) is 5.73 Å². The van der Waals surface area contributed by atoms with Crippen LogP contribution in [-0.4, -0.2) is 40.4 Å². The Labute approximate surface area is 111 Å². The van der Waals surface area contributed by atoms with Gasteiger partial charge in [0.05, 0.1) is 5.25 Å². The number of carbonyl (C=O) groups excluding carboxylic acids is 1. The van der Waals surface area contributed by atoms with Crippen LogP contribution in [0.25, 0.3) is 0 Å². The van der Waals surface area contributed by atoms with E-state index >= 15 is 0 Å². The zero-order valence-corrected chi connectivity index (χ0v) is 11.1. The van der Waals surface area contributed by atoms with Gasteiger partial charge >= 0.3 is 0 Å². The standard InChI is InChI=1S/C14H18N2OS/c15-14(17)13-12-11-9(4-1-5-10(11)18-13)8-3-2-6-16(12)7-8/h1,4-5,8,10-13H,2-3,6-7H2,(H2,15,17). The first-order chi connectivity index (χ1) is 8.75. The smallest absolute Gasteiger partial charge is 0.232 e. The number of amides is 1. The molecule has 6 unspecified atom stereocenters. The van der Waals surface area contributed by atoms with E-state index < -0.39 is 0 Å². The molecule has 18 heavy (non-hydrogen) atoms. The summed E-state index contributed by atoms with van der Waals surface area (Å²) < 4.78 is 0. The number of piperidine rings is 2. The van der Waals surface area contributed by atoms with Gasteiger partial charge in [-0.2, -0.15) is 0 Å². The molecule has 0 spiro atoms. The number of nitrogens with two attached hydrogens (primary N) is 1. The van der Waals surface area contributed by atoms with Crippen molar-refractivity contribution in [1.82, 2.24) is 4.90 Å². The Kier molecular flexibility index (Phi) is 2.39.